The zero-order valence-electron chi connectivity index (χ0n) is 14.3. The summed E-state index contributed by atoms with van der Waals surface area (Å²) in [5, 5.41) is 1.68. The summed E-state index contributed by atoms with van der Waals surface area (Å²) in [7, 11) is 0. The van der Waals surface area contributed by atoms with Crippen molar-refractivity contribution in [3.05, 3.63) is 69.9 Å². The molecule has 0 bridgehead atoms. The van der Waals surface area contributed by atoms with E-state index in [9.17, 15) is 4.79 Å². The first kappa shape index (κ1) is 16.2. The molecule has 2 heterocycles. The lowest BCUT2D eigenvalue weighted by Crippen LogP contribution is -2.38. The molecule has 0 saturated heterocycles. The van der Waals surface area contributed by atoms with Crippen LogP contribution in [-0.4, -0.2) is 11.0 Å². The number of para-hydroxylation sites is 1. The number of hydrogen-bond acceptors (Lipinski definition) is 4. The van der Waals surface area contributed by atoms with Crippen LogP contribution >= 0.6 is 23.4 Å². The molecule has 1 unspecified atom stereocenters. The number of thioether (sulfide) groups is 1. The highest BCUT2D eigenvalue weighted by Crippen LogP contribution is 2.52. The van der Waals surface area contributed by atoms with Crippen LogP contribution in [-0.2, 0) is 4.79 Å². The van der Waals surface area contributed by atoms with Crippen molar-refractivity contribution in [1.29, 1.82) is 0 Å². The molecule has 5 heteroatoms. The lowest BCUT2D eigenvalue weighted by Gasteiger charge is -2.37. The molecule has 26 heavy (non-hydrogen) atoms. The van der Waals surface area contributed by atoms with E-state index in [4.69, 9.17) is 16.6 Å². The monoisotopic (exact) mass is 380 g/mol. The summed E-state index contributed by atoms with van der Waals surface area (Å²) in [6.45, 7) is 2.12. The SMILES string of the molecule is Cc1cccc2c1N1C(=NC3=C(C(=O)CCC3)C1c1ccc(Cl)cc1)S2. The average Bonchev–Trinajstić information content (AvgIpc) is 3.00. The van der Waals surface area contributed by atoms with Gasteiger partial charge in [-0.2, -0.15) is 0 Å². The number of aliphatic imine (C=N–C) groups is 1. The number of benzene rings is 2. The highest BCUT2D eigenvalue weighted by Gasteiger charge is 2.43. The Kier molecular flexibility index (Phi) is 3.73. The Balaban J connectivity index is 1.75. The molecule has 2 aromatic carbocycles. The topological polar surface area (TPSA) is 32.7 Å². The van der Waals surface area contributed by atoms with E-state index in [1.165, 1.54) is 16.1 Å². The third-order valence-corrected chi connectivity index (χ3v) is 6.50. The Morgan fingerprint density at radius 1 is 1.15 bits per heavy atom. The van der Waals surface area contributed by atoms with E-state index >= 15 is 0 Å². The lowest BCUT2D eigenvalue weighted by atomic mass is 9.84. The first-order chi connectivity index (χ1) is 12.6. The zero-order chi connectivity index (χ0) is 17.8. The van der Waals surface area contributed by atoms with Crippen molar-refractivity contribution in [1.82, 2.24) is 0 Å². The van der Waals surface area contributed by atoms with E-state index in [0.717, 1.165) is 34.8 Å². The second-order valence-electron chi connectivity index (χ2n) is 6.88. The number of amidine groups is 1. The van der Waals surface area contributed by atoms with Gasteiger partial charge >= 0.3 is 0 Å². The third-order valence-electron chi connectivity index (χ3n) is 5.23. The van der Waals surface area contributed by atoms with Gasteiger partial charge in [0.15, 0.2) is 11.0 Å². The molecule has 3 nitrogen and oxygen atoms in total. The number of Topliss-reactive ketones (excluding diaryl/α,β-unsaturated/α-hetero) is 1. The Morgan fingerprint density at radius 3 is 2.77 bits per heavy atom. The molecule has 1 atom stereocenters. The van der Waals surface area contributed by atoms with Crippen LogP contribution in [0.3, 0.4) is 0 Å². The minimum Gasteiger partial charge on any atom is -0.307 e. The van der Waals surface area contributed by atoms with Gasteiger partial charge in [-0.05, 0) is 60.9 Å². The first-order valence-electron chi connectivity index (χ1n) is 8.80. The Bertz CT molecular complexity index is 994. The van der Waals surface area contributed by atoms with E-state index in [1.807, 2.05) is 24.3 Å². The number of ketones is 1. The number of carbonyl (C=O) groups is 1. The minimum absolute atomic E-state index is 0.127. The Labute approximate surface area is 161 Å². The van der Waals surface area contributed by atoms with E-state index in [2.05, 4.69) is 30.0 Å². The molecule has 0 aromatic heterocycles. The standard InChI is InChI=1S/C21H17ClN2OS/c1-12-4-2-7-17-19(12)24-20(13-8-10-14(22)11-9-13)18-15(23-21(24)26-17)5-3-6-16(18)25/h2,4,7-11,20H,3,5-6H2,1H3. The molecule has 2 aliphatic heterocycles. The summed E-state index contributed by atoms with van der Waals surface area (Å²) >= 11 is 7.81. The predicted octanol–water partition coefficient (Wildman–Crippen LogP) is 5.68. The Hall–Kier alpha value is -2.04. The molecule has 0 fully saturated rings. The van der Waals surface area contributed by atoms with Gasteiger partial charge in [-0.1, -0.05) is 35.9 Å². The average molecular weight is 381 g/mol. The van der Waals surface area contributed by atoms with Gasteiger partial charge in [-0.15, -0.1) is 0 Å². The largest absolute Gasteiger partial charge is 0.307 e. The van der Waals surface area contributed by atoms with Crippen molar-refractivity contribution in [2.75, 3.05) is 4.90 Å². The van der Waals surface area contributed by atoms with Gasteiger partial charge in [-0.25, -0.2) is 4.99 Å². The van der Waals surface area contributed by atoms with Gasteiger partial charge in [0.1, 0.15) is 0 Å². The molecule has 0 spiro atoms. The third kappa shape index (κ3) is 2.36. The van der Waals surface area contributed by atoms with Crippen LogP contribution < -0.4 is 4.90 Å². The van der Waals surface area contributed by atoms with Gasteiger partial charge in [-0.3, -0.25) is 4.79 Å². The fourth-order valence-corrected chi connectivity index (χ4v) is 5.34. The number of fused-ring (bicyclic) bond motifs is 3. The van der Waals surface area contributed by atoms with Crippen LogP contribution in [0.25, 0.3) is 0 Å². The number of allylic oxidation sites excluding steroid dienone is 1. The number of hydrogen-bond donors (Lipinski definition) is 0. The van der Waals surface area contributed by atoms with Crippen LogP contribution in [0.4, 0.5) is 5.69 Å². The molecular formula is C21H17ClN2OS. The number of nitrogens with zero attached hydrogens (tertiary/aromatic N) is 2. The zero-order valence-corrected chi connectivity index (χ0v) is 15.9. The molecule has 0 N–H and O–H groups in total. The summed E-state index contributed by atoms with van der Waals surface area (Å²) in [5.41, 5.74) is 5.28. The van der Waals surface area contributed by atoms with E-state index in [0.29, 0.717) is 11.4 Å². The quantitative estimate of drug-likeness (QED) is 0.638. The second kappa shape index (κ2) is 6.00. The van der Waals surface area contributed by atoms with Gasteiger partial charge in [0.05, 0.1) is 17.4 Å². The van der Waals surface area contributed by atoms with E-state index in [-0.39, 0.29) is 11.8 Å². The lowest BCUT2D eigenvalue weighted by molar-refractivity contribution is -0.116. The Morgan fingerprint density at radius 2 is 1.96 bits per heavy atom. The van der Waals surface area contributed by atoms with Gasteiger partial charge in [0, 0.05) is 21.9 Å². The molecule has 3 aliphatic rings. The number of carbonyl (C=O) groups excluding carboxylic acids is 1. The van der Waals surface area contributed by atoms with Crippen LogP contribution in [0, 0.1) is 6.92 Å². The molecule has 130 valence electrons. The fraction of sp³-hybridized carbons (Fsp3) is 0.238. The molecule has 1 aliphatic carbocycles. The van der Waals surface area contributed by atoms with E-state index in [1.54, 1.807) is 11.8 Å². The van der Waals surface area contributed by atoms with Crippen molar-refractivity contribution in [2.24, 2.45) is 4.99 Å². The number of anilines is 1. The van der Waals surface area contributed by atoms with Crippen LogP contribution in [0.2, 0.25) is 5.02 Å². The second-order valence-corrected chi connectivity index (χ2v) is 8.32. The summed E-state index contributed by atoms with van der Waals surface area (Å²) in [6, 6.07) is 14.1. The normalized spacial score (nSPS) is 21.3. The molecule has 0 amide bonds. The fourth-order valence-electron chi connectivity index (χ4n) is 4.06. The highest BCUT2D eigenvalue weighted by molar-refractivity contribution is 8.14. The number of aryl methyl sites for hydroxylation is 1. The predicted molar refractivity (Wildman–Crippen MR) is 107 cm³/mol. The maximum atomic E-state index is 12.9. The summed E-state index contributed by atoms with van der Waals surface area (Å²) in [4.78, 5) is 21.2. The maximum absolute atomic E-state index is 12.9. The molecule has 2 aromatic rings. The number of halogens is 1. The van der Waals surface area contributed by atoms with Gasteiger partial charge < -0.3 is 4.90 Å². The minimum atomic E-state index is -0.127. The summed E-state index contributed by atoms with van der Waals surface area (Å²) in [5.74, 6) is 0.223. The van der Waals surface area contributed by atoms with Crippen LogP contribution in [0.15, 0.2) is 63.6 Å². The highest BCUT2D eigenvalue weighted by atomic mass is 35.5. The molecular weight excluding hydrogens is 364 g/mol. The number of rotatable bonds is 1. The van der Waals surface area contributed by atoms with Crippen LogP contribution in [0.5, 0.6) is 0 Å². The molecule has 0 saturated carbocycles. The van der Waals surface area contributed by atoms with Crippen molar-refractivity contribution in [2.45, 2.75) is 37.1 Å². The van der Waals surface area contributed by atoms with E-state index < -0.39 is 0 Å². The van der Waals surface area contributed by atoms with Crippen molar-refractivity contribution in [3.8, 4) is 0 Å². The van der Waals surface area contributed by atoms with Gasteiger partial charge in [0.25, 0.3) is 0 Å². The smallest absolute Gasteiger partial charge is 0.174 e. The summed E-state index contributed by atoms with van der Waals surface area (Å²) < 4.78 is 0. The van der Waals surface area contributed by atoms with Crippen molar-refractivity contribution >= 4 is 40.0 Å². The first-order valence-corrected chi connectivity index (χ1v) is 10.00. The van der Waals surface area contributed by atoms with Crippen molar-refractivity contribution < 1.29 is 4.79 Å². The maximum Gasteiger partial charge on any atom is 0.174 e. The molecule has 0 radical (unpaired) electrons. The van der Waals surface area contributed by atoms with Crippen molar-refractivity contribution in [3.63, 3.8) is 0 Å². The van der Waals surface area contributed by atoms with Crippen LogP contribution in [0.1, 0.15) is 36.4 Å². The molecule has 5 rings (SSSR count). The van der Waals surface area contributed by atoms with Gasteiger partial charge in [0.2, 0.25) is 0 Å². The summed E-state index contributed by atoms with van der Waals surface area (Å²) in [6.07, 6.45) is 2.37.